The predicted molar refractivity (Wildman–Crippen MR) is 114 cm³/mol. The van der Waals surface area contributed by atoms with E-state index in [4.69, 9.17) is 11.6 Å². The zero-order chi connectivity index (χ0) is 20.1. The second kappa shape index (κ2) is 9.31. The molecule has 0 unspecified atom stereocenters. The molecule has 0 atom stereocenters. The molecule has 0 aromatic heterocycles. The van der Waals surface area contributed by atoms with E-state index in [9.17, 15) is 13.2 Å². The van der Waals surface area contributed by atoms with Crippen molar-refractivity contribution in [1.29, 1.82) is 0 Å². The quantitative estimate of drug-likeness (QED) is 0.525. The molecule has 0 aliphatic carbocycles. The summed E-state index contributed by atoms with van der Waals surface area (Å²) in [5, 5.41) is 2.97. The van der Waals surface area contributed by atoms with E-state index in [0.717, 1.165) is 23.5 Å². The summed E-state index contributed by atoms with van der Waals surface area (Å²) in [6, 6.07) is 12.6. The third-order valence-electron chi connectivity index (χ3n) is 4.55. The van der Waals surface area contributed by atoms with E-state index in [1.165, 1.54) is 22.0 Å². The lowest BCUT2D eigenvalue weighted by molar-refractivity contribution is 0.0956. The predicted octanol–water partition coefficient (Wildman–Crippen LogP) is 3.96. The second-order valence-electron chi connectivity index (χ2n) is 6.67. The first-order valence-electron chi connectivity index (χ1n) is 9.15. The van der Waals surface area contributed by atoms with Gasteiger partial charge in [0.15, 0.2) is 0 Å². The number of hydrogen-bond donors (Lipinski definition) is 1. The minimum atomic E-state index is -3.67. The zero-order valence-corrected chi connectivity index (χ0v) is 18.0. The first-order valence-corrected chi connectivity index (χ1v) is 12.0. The number of carbonyl (C=O) groups excluding carboxylic acids is 1. The number of amides is 1. The van der Waals surface area contributed by atoms with Crippen LogP contribution < -0.4 is 5.32 Å². The summed E-state index contributed by atoms with van der Waals surface area (Å²) in [5.41, 5.74) is 1.50. The van der Waals surface area contributed by atoms with Crippen LogP contribution in [-0.4, -0.2) is 44.0 Å². The van der Waals surface area contributed by atoms with Crippen molar-refractivity contribution in [3.05, 3.63) is 58.6 Å². The van der Waals surface area contributed by atoms with Crippen LogP contribution >= 0.6 is 23.4 Å². The van der Waals surface area contributed by atoms with Gasteiger partial charge < -0.3 is 5.32 Å². The molecule has 8 heteroatoms. The first kappa shape index (κ1) is 21.2. The molecule has 1 aliphatic rings. The fourth-order valence-electron chi connectivity index (χ4n) is 2.98. The third kappa shape index (κ3) is 5.08. The molecule has 1 fully saturated rings. The highest BCUT2D eigenvalue weighted by Crippen LogP contribution is 2.28. The highest BCUT2D eigenvalue weighted by atomic mass is 35.5. The number of benzene rings is 2. The van der Waals surface area contributed by atoms with Gasteiger partial charge in [-0.25, -0.2) is 8.42 Å². The highest BCUT2D eigenvalue weighted by molar-refractivity contribution is 7.99. The van der Waals surface area contributed by atoms with E-state index in [-0.39, 0.29) is 15.8 Å². The second-order valence-corrected chi connectivity index (χ2v) is 10.2. The molecule has 0 radical (unpaired) electrons. The highest BCUT2D eigenvalue weighted by Gasteiger charge is 2.29. The van der Waals surface area contributed by atoms with E-state index in [1.807, 2.05) is 6.92 Å². The number of nitrogens with one attached hydrogen (secondary N) is 1. The largest absolute Gasteiger partial charge is 0.351 e. The van der Waals surface area contributed by atoms with Gasteiger partial charge in [-0.15, -0.1) is 11.8 Å². The van der Waals surface area contributed by atoms with E-state index >= 15 is 0 Å². The fourth-order valence-corrected chi connectivity index (χ4v) is 5.77. The Balaban J connectivity index is 1.61. The first-order chi connectivity index (χ1) is 13.4. The van der Waals surface area contributed by atoms with Crippen LogP contribution in [0.2, 0.25) is 5.02 Å². The smallest absolute Gasteiger partial charge is 0.251 e. The van der Waals surface area contributed by atoms with Gasteiger partial charge in [-0.1, -0.05) is 29.3 Å². The number of hydrogen-bond acceptors (Lipinski definition) is 4. The molecule has 1 amide bonds. The van der Waals surface area contributed by atoms with Crippen LogP contribution in [0, 0.1) is 6.92 Å². The van der Waals surface area contributed by atoms with Crippen molar-refractivity contribution in [1.82, 2.24) is 9.62 Å². The van der Waals surface area contributed by atoms with E-state index in [0.29, 0.717) is 25.2 Å². The van der Waals surface area contributed by atoms with Crippen molar-refractivity contribution in [2.24, 2.45) is 0 Å². The number of halogens is 1. The lowest BCUT2D eigenvalue weighted by Crippen LogP contribution is -2.29. The average Bonchev–Trinajstić information content (AvgIpc) is 3.22. The normalized spacial score (nSPS) is 14.9. The van der Waals surface area contributed by atoms with Gasteiger partial charge in [-0.3, -0.25) is 4.79 Å². The van der Waals surface area contributed by atoms with Crippen molar-refractivity contribution < 1.29 is 13.2 Å². The number of aryl methyl sites for hydroxylation is 1. The van der Waals surface area contributed by atoms with Gasteiger partial charge in [-0.05, 0) is 50.1 Å². The Morgan fingerprint density at radius 2 is 1.82 bits per heavy atom. The Labute approximate surface area is 175 Å². The Hall–Kier alpha value is -1.54. The average molecular weight is 439 g/mol. The molecule has 28 heavy (non-hydrogen) atoms. The van der Waals surface area contributed by atoms with Gasteiger partial charge in [-0.2, -0.15) is 4.31 Å². The van der Waals surface area contributed by atoms with Gasteiger partial charge in [0.05, 0.1) is 5.02 Å². The minimum absolute atomic E-state index is 0.00209. The van der Waals surface area contributed by atoms with Crippen LogP contribution in [0.5, 0.6) is 0 Å². The number of nitrogens with zero attached hydrogens (tertiary/aromatic N) is 1. The maximum absolute atomic E-state index is 12.8. The molecule has 1 saturated heterocycles. The lowest BCUT2D eigenvalue weighted by atomic mass is 10.2. The maximum atomic E-state index is 12.8. The monoisotopic (exact) mass is 438 g/mol. The van der Waals surface area contributed by atoms with Crippen molar-refractivity contribution in [3.63, 3.8) is 0 Å². The molecule has 3 rings (SSSR count). The summed E-state index contributed by atoms with van der Waals surface area (Å²) in [5.74, 6) is 0.417. The van der Waals surface area contributed by atoms with Crippen molar-refractivity contribution >= 4 is 39.3 Å². The number of rotatable bonds is 7. The van der Waals surface area contributed by atoms with Crippen LogP contribution in [0.15, 0.2) is 52.3 Å². The molecule has 2 aromatic carbocycles. The van der Waals surface area contributed by atoms with Crippen LogP contribution in [0.3, 0.4) is 0 Å². The van der Waals surface area contributed by atoms with Gasteiger partial charge in [0.2, 0.25) is 10.0 Å². The van der Waals surface area contributed by atoms with Crippen molar-refractivity contribution in [3.8, 4) is 0 Å². The standard InChI is InChI=1S/C20H23ClN2O3S2/c1-15-4-7-17(8-5-15)27-13-10-22-20(24)16-6-9-18(21)19(14-16)28(25,26)23-11-2-3-12-23/h4-9,14H,2-3,10-13H2,1H3,(H,22,24). The number of carbonyl (C=O) groups is 1. The summed E-state index contributed by atoms with van der Waals surface area (Å²) in [6.45, 7) is 3.50. The summed E-state index contributed by atoms with van der Waals surface area (Å²) < 4.78 is 27.0. The zero-order valence-electron chi connectivity index (χ0n) is 15.7. The third-order valence-corrected chi connectivity index (χ3v) is 7.95. The van der Waals surface area contributed by atoms with E-state index < -0.39 is 10.0 Å². The maximum Gasteiger partial charge on any atom is 0.251 e. The van der Waals surface area contributed by atoms with Gasteiger partial charge in [0.25, 0.3) is 5.91 Å². The molecule has 1 N–H and O–H groups in total. The van der Waals surface area contributed by atoms with Crippen molar-refractivity contribution in [2.45, 2.75) is 29.6 Å². The topological polar surface area (TPSA) is 66.5 Å². The van der Waals surface area contributed by atoms with Crippen LogP contribution in [0.25, 0.3) is 0 Å². The molecule has 0 bridgehead atoms. The van der Waals surface area contributed by atoms with Crippen molar-refractivity contribution in [2.75, 3.05) is 25.4 Å². The molecule has 1 heterocycles. The van der Waals surface area contributed by atoms with E-state index in [1.54, 1.807) is 17.8 Å². The molecule has 0 spiro atoms. The summed E-state index contributed by atoms with van der Waals surface area (Å²) in [4.78, 5) is 13.6. The fraction of sp³-hybridized carbons (Fsp3) is 0.350. The summed E-state index contributed by atoms with van der Waals surface area (Å²) >= 11 is 7.78. The van der Waals surface area contributed by atoms with Gasteiger partial charge >= 0.3 is 0 Å². The molecule has 1 aliphatic heterocycles. The van der Waals surface area contributed by atoms with Gasteiger partial charge in [0, 0.05) is 35.8 Å². The number of thioether (sulfide) groups is 1. The Bertz CT molecular complexity index is 940. The SMILES string of the molecule is Cc1ccc(SCCNC(=O)c2ccc(Cl)c(S(=O)(=O)N3CCCC3)c2)cc1. The summed E-state index contributed by atoms with van der Waals surface area (Å²) in [6.07, 6.45) is 1.69. The summed E-state index contributed by atoms with van der Waals surface area (Å²) in [7, 11) is -3.67. The molecule has 0 saturated carbocycles. The van der Waals surface area contributed by atoms with Crippen LogP contribution in [0.1, 0.15) is 28.8 Å². The molecule has 150 valence electrons. The number of sulfonamides is 1. The Kier molecular flexibility index (Phi) is 7.04. The molecular weight excluding hydrogens is 416 g/mol. The van der Waals surface area contributed by atoms with E-state index in [2.05, 4.69) is 29.6 Å². The van der Waals surface area contributed by atoms with Crippen LogP contribution in [-0.2, 0) is 10.0 Å². The molecular formula is C20H23ClN2O3S2. The Morgan fingerprint density at radius 3 is 2.50 bits per heavy atom. The molecule has 2 aromatic rings. The lowest BCUT2D eigenvalue weighted by Gasteiger charge is -2.17. The van der Waals surface area contributed by atoms with Crippen LogP contribution in [0.4, 0.5) is 0 Å². The Morgan fingerprint density at radius 1 is 1.14 bits per heavy atom. The minimum Gasteiger partial charge on any atom is -0.351 e. The van der Waals surface area contributed by atoms with Gasteiger partial charge in [0.1, 0.15) is 4.90 Å². The molecule has 5 nitrogen and oxygen atoms in total.